The molecule has 5 rings (SSSR count). The molecule has 0 aromatic heterocycles. The largest absolute Gasteiger partial charge is 0.508 e. The lowest BCUT2D eigenvalue weighted by atomic mass is 10.1. The van der Waals surface area contributed by atoms with E-state index in [-0.39, 0.29) is 17.2 Å². The molecule has 0 saturated carbocycles. The summed E-state index contributed by atoms with van der Waals surface area (Å²) in [5.74, 6) is 0.502. The predicted molar refractivity (Wildman–Crippen MR) is 118 cm³/mol. The minimum atomic E-state index is -3.78. The summed E-state index contributed by atoms with van der Waals surface area (Å²) >= 11 is 0. The molecule has 0 aliphatic carbocycles. The van der Waals surface area contributed by atoms with Crippen LogP contribution in [0, 0.1) is 0 Å². The maximum Gasteiger partial charge on any atom is 0.285 e. The van der Waals surface area contributed by atoms with Gasteiger partial charge in [-0.15, -0.1) is 4.40 Å². The molecule has 1 aliphatic heterocycles. The summed E-state index contributed by atoms with van der Waals surface area (Å²) in [6.07, 6.45) is 0. The van der Waals surface area contributed by atoms with Gasteiger partial charge >= 0.3 is 0 Å². The van der Waals surface area contributed by atoms with E-state index in [4.69, 9.17) is 0 Å². The van der Waals surface area contributed by atoms with Crippen molar-refractivity contribution in [3.05, 3.63) is 102 Å². The number of amidine groups is 1. The van der Waals surface area contributed by atoms with Gasteiger partial charge in [-0.2, -0.15) is 8.42 Å². The van der Waals surface area contributed by atoms with Crippen molar-refractivity contribution in [3.8, 4) is 5.75 Å². The van der Waals surface area contributed by atoms with E-state index in [9.17, 15) is 13.5 Å². The lowest BCUT2D eigenvalue weighted by Gasteiger charge is -2.26. The molecule has 0 fully saturated rings. The summed E-state index contributed by atoms with van der Waals surface area (Å²) in [4.78, 5) is 2.06. The van der Waals surface area contributed by atoms with Crippen molar-refractivity contribution in [2.75, 3.05) is 4.90 Å². The van der Waals surface area contributed by atoms with Gasteiger partial charge in [0, 0.05) is 16.5 Å². The van der Waals surface area contributed by atoms with Gasteiger partial charge in [0.25, 0.3) is 10.0 Å². The molecule has 30 heavy (non-hydrogen) atoms. The van der Waals surface area contributed by atoms with Crippen LogP contribution in [-0.2, 0) is 16.6 Å². The molecule has 6 heteroatoms. The van der Waals surface area contributed by atoms with E-state index >= 15 is 0 Å². The Kier molecular flexibility index (Phi) is 4.29. The number of sulfonamides is 1. The van der Waals surface area contributed by atoms with Crippen LogP contribution in [0.2, 0.25) is 0 Å². The molecule has 1 N–H and O–H groups in total. The lowest BCUT2D eigenvalue weighted by Crippen LogP contribution is -2.30. The van der Waals surface area contributed by atoms with Crippen LogP contribution in [0.25, 0.3) is 10.8 Å². The van der Waals surface area contributed by atoms with Crippen LogP contribution >= 0.6 is 0 Å². The van der Waals surface area contributed by atoms with Gasteiger partial charge in [0.05, 0.1) is 12.2 Å². The van der Waals surface area contributed by atoms with Crippen molar-refractivity contribution in [2.24, 2.45) is 4.40 Å². The first-order valence-corrected chi connectivity index (χ1v) is 11.0. The van der Waals surface area contributed by atoms with E-state index in [1.54, 1.807) is 36.4 Å². The fourth-order valence-corrected chi connectivity index (χ4v) is 5.03. The lowest BCUT2D eigenvalue weighted by molar-refractivity contribution is 0.468. The highest BCUT2D eigenvalue weighted by Crippen LogP contribution is 2.35. The van der Waals surface area contributed by atoms with Gasteiger partial charge in [-0.1, -0.05) is 66.7 Å². The molecule has 148 valence electrons. The summed E-state index contributed by atoms with van der Waals surface area (Å²) < 4.78 is 29.6. The van der Waals surface area contributed by atoms with E-state index in [1.807, 2.05) is 59.5 Å². The molecule has 0 unspecified atom stereocenters. The number of nitrogens with zero attached hydrogens (tertiary/aromatic N) is 2. The van der Waals surface area contributed by atoms with E-state index in [0.29, 0.717) is 17.0 Å². The number of hydrogen-bond acceptors (Lipinski definition) is 4. The topological polar surface area (TPSA) is 70.0 Å². The SMILES string of the molecule is O=S1(=O)N=C(N(Cc2ccccc2O)c2cccc3ccccc23)c2ccccc21. The summed E-state index contributed by atoms with van der Waals surface area (Å²) in [5, 5.41) is 12.4. The highest BCUT2D eigenvalue weighted by molar-refractivity contribution is 7.90. The number of phenols is 1. The Morgan fingerprint density at radius 1 is 0.800 bits per heavy atom. The van der Waals surface area contributed by atoms with Crippen LogP contribution in [0.1, 0.15) is 11.1 Å². The van der Waals surface area contributed by atoms with Crippen LogP contribution in [0.4, 0.5) is 5.69 Å². The van der Waals surface area contributed by atoms with Gasteiger partial charge in [-0.3, -0.25) is 0 Å². The first-order valence-electron chi connectivity index (χ1n) is 9.51. The number of anilines is 1. The van der Waals surface area contributed by atoms with Gasteiger partial charge in [-0.05, 0) is 29.7 Å². The number of para-hydroxylation sites is 1. The molecule has 0 saturated heterocycles. The zero-order valence-electron chi connectivity index (χ0n) is 15.9. The van der Waals surface area contributed by atoms with Crippen molar-refractivity contribution in [1.29, 1.82) is 0 Å². The Hall–Kier alpha value is -3.64. The first kappa shape index (κ1) is 18.4. The van der Waals surface area contributed by atoms with Gasteiger partial charge in [0.1, 0.15) is 10.6 Å². The third-order valence-electron chi connectivity index (χ3n) is 5.25. The Bertz CT molecular complexity index is 1410. The van der Waals surface area contributed by atoms with E-state index in [0.717, 1.165) is 16.5 Å². The number of benzene rings is 4. The van der Waals surface area contributed by atoms with E-state index in [2.05, 4.69) is 4.40 Å². The molecular weight excluding hydrogens is 396 g/mol. The average Bonchev–Trinajstić information content (AvgIpc) is 3.04. The maximum atomic E-state index is 12.7. The summed E-state index contributed by atoms with van der Waals surface area (Å²) in [6, 6.07) is 27.7. The minimum Gasteiger partial charge on any atom is -0.508 e. The quantitative estimate of drug-likeness (QED) is 0.527. The smallest absolute Gasteiger partial charge is 0.285 e. The highest BCUT2D eigenvalue weighted by Gasteiger charge is 2.33. The standard InChI is InChI=1S/C24H18N2O3S/c27-22-14-5-2-9-18(22)16-26(21-13-7-10-17-8-1-3-11-19(17)21)24-20-12-4-6-15-23(20)30(28,29)25-24/h1-15,27H,16H2. The first-order chi connectivity index (χ1) is 14.5. The van der Waals surface area contributed by atoms with E-state index < -0.39 is 10.0 Å². The average molecular weight is 414 g/mol. The molecule has 0 atom stereocenters. The second-order valence-corrected chi connectivity index (χ2v) is 8.67. The van der Waals surface area contributed by atoms with Crippen molar-refractivity contribution in [3.63, 3.8) is 0 Å². The number of rotatable bonds is 3. The number of phenolic OH excluding ortho intramolecular Hbond substituents is 1. The van der Waals surface area contributed by atoms with Gasteiger partial charge in [-0.25, -0.2) is 0 Å². The van der Waals surface area contributed by atoms with Crippen molar-refractivity contribution < 1.29 is 13.5 Å². The Labute approximate surface area is 174 Å². The van der Waals surface area contributed by atoms with Crippen molar-refractivity contribution in [2.45, 2.75) is 11.4 Å². The van der Waals surface area contributed by atoms with Crippen LogP contribution < -0.4 is 4.90 Å². The second kappa shape index (κ2) is 7.00. The molecule has 0 bridgehead atoms. The summed E-state index contributed by atoms with van der Waals surface area (Å²) in [7, 11) is -3.78. The zero-order valence-corrected chi connectivity index (χ0v) is 16.8. The van der Waals surface area contributed by atoms with Crippen LogP contribution in [0.3, 0.4) is 0 Å². The molecular formula is C24H18N2O3S. The highest BCUT2D eigenvalue weighted by atomic mass is 32.2. The molecule has 0 spiro atoms. The molecule has 1 heterocycles. The second-order valence-electron chi connectivity index (χ2n) is 7.10. The maximum absolute atomic E-state index is 12.7. The van der Waals surface area contributed by atoms with E-state index in [1.165, 1.54) is 0 Å². The van der Waals surface area contributed by atoms with Crippen molar-refractivity contribution in [1.82, 2.24) is 0 Å². The van der Waals surface area contributed by atoms with Gasteiger partial charge in [0.2, 0.25) is 0 Å². The molecule has 1 aliphatic rings. The Morgan fingerprint density at radius 3 is 2.37 bits per heavy atom. The third kappa shape index (κ3) is 3.02. The van der Waals surface area contributed by atoms with Crippen LogP contribution in [0.5, 0.6) is 5.75 Å². The summed E-state index contributed by atoms with van der Waals surface area (Å²) in [6.45, 7) is 0.267. The number of aromatic hydroxyl groups is 1. The molecule has 0 amide bonds. The molecule has 0 radical (unpaired) electrons. The third-order valence-corrected chi connectivity index (χ3v) is 6.57. The fraction of sp³-hybridized carbons (Fsp3) is 0.0417. The fourth-order valence-electron chi connectivity index (χ4n) is 3.82. The Balaban J connectivity index is 1.75. The number of fused-ring (bicyclic) bond motifs is 2. The molecule has 4 aromatic carbocycles. The van der Waals surface area contributed by atoms with Gasteiger partial charge in [0.15, 0.2) is 5.84 Å². The summed E-state index contributed by atoms with van der Waals surface area (Å²) in [5.41, 5.74) is 2.05. The zero-order chi connectivity index (χ0) is 20.7. The Morgan fingerprint density at radius 2 is 1.50 bits per heavy atom. The molecule has 4 aromatic rings. The van der Waals surface area contributed by atoms with Crippen LogP contribution in [0.15, 0.2) is 100 Å². The normalized spacial score (nSPS) is 14.3. The monoisotopic (exact) mass is 414 g/mol. The van der Waals surface area contributed by atoms with Crippen molar-refractivity contribution >= 4 is 32.3 Å². The minimum absolute atomic E-state index is 0.150. The number of hydrogen-bond donors (Lipinski definition) is 1. The molecule has 5 nitrogen and oxygen atoms in total. The predicted octanol–water partition coefficient (Wildman–Crippen LogP) is 4.70. The van der Waals surface area contributed by atoms with Crippen LogP contribution in [-0.4, -0.2) is 19.4 Å². The van der Waals surface area contributed by atoms with Gasteiger partial charge < -0.3 is 10.0 Å².